The summed E-state index contributed by atoms with van der Waals surface area (Å²) in [4.78, 5) is 29.1. The maximum Gasteiger partial charge on any atom is 0.242 e. The van der Waals surface area contributed by atoms with Crippen LogP contribution in [0.3, 0.4) is 0 Å². The van der Waals surface area contributed by atoms with Gasteiger partial charge in [0.15, 0.2) is 0 Å². The van der Waals surface area contributed by atoms with E-state index in [2.05, 4.69) is 15.5 Å². The van der Waals surface area contributed by atoms with Crippen LogP contribution in [-0.2, 0) is 21.4 Å². The number of nitrogens with zero attached hydrogens (tertiary/aromatic N) is 1. The van der Waals surface area contributed by atoms with Gasteiger partial charge in [-0.3, -0.25) is 9.59 Å². The fourth-order valence-corrected chi connectivity index (χ4v) is 5.75. The van der Waals surface area contributed by atoms with Gasteiger partial charge in [-0.05, 0) is 74.2 Å². The Balaban J connectivity index is 1.48. The molecule has 2 aliphatic rings. The van der Waals surface area contributed by atoms with Crippen molar-refractivity contribution in [3.63, 3.8) is 0 Å². The van der Waals surface area contributed by atoms with E-state index in [-0.39, 0.29) is 18.2 Å². The van der Waals surface area contributed by atoms with Crippen molar-refractivity contribution in [3.8, 4) is 0 Å². The predicted octanol–water partition coefficient (Wildman–Crippen LogP) is 5.66. The Morgan fingerprint density at radius 2 is 1.57 bits per heavy atom. The standard InChI is InChI=1S/C26H29Cl4N3O2/c27-18-5-4-17(21(29)15-18)14-23(24(34)31-10-13-33-11-2-1-3-12-33)32-25(35)26(8-9-26)20-7-6-19(28)16-22(20)30/h4-7,15-16,23H,1-3,8-14H2,(H,31,34)(H,32,35). The molecular weight excluding hydrogens is 528 g/mol. The molecule has 2 aromatic carbocycles. The molecule has 1 heterocycles. The summed E-state index contributed by atoms with van der Waals surface area (Å²) in [5.41, 5.74) is 0.717. The molecule has 1 atom stereocenters. The van der Waals surface area contributed by atoms with Crippen LogP contribution in [0.15, 0.2) is 36.4 Å². The minimum absolute atomic E-state index is 0.219. The number of hydrogen-bond donors (Lipinski definition) is 2. The Labute approximate surface area is 226 Å². The van der Waals surface area contributed by atoms with E-state index in [0.717, 1.165) is 30.8 Å². The second kappa shape index (κ2) is 11.7. The molecular formula is C26H29Cl4N3O2. The lowest BCUT2D eigenvalue weighted by atomic mass is 9.94. The highest BCUT2D eigenvalue weighted by molar-refractivity contribution is 6.35. The molecule has 1 saturated carbocycles. The quantitative estimate of drug-likeness (QED) is 0.419. The van der Waals surface area contributed by atoms with Gasteiger partial charge < -0.3 is 15.5 Å². The molecule has 188 valence electrons. The molecule has 2 aromatic rings. The van der Waals surface area contributed by atoms with Crippen molar-refractivity contribution in [2.24, 2.45) is 0 Å². The van der Waals surface area contributed by atoms with Gasteiger partial charge in [0.1, 0.15) is 6.04 Å². The molecule has 5 nitrogen and oxygen atoms in total. The summed E-state index contributed by atoms with van der Waals surface area (Å²) in [6, 6.07) is 9.53. The normalized spacial score (nSPS) is 18.1. The smallest absolute Gasteiger partial charge is 0.242 e. The van der Waals surface area contributed by atoms with Gasteiger partial charge in [0.2, 0.25) is 11.8 Å². The van der Waals surface area contributed by atoms with Gasteiger partial charge >= 0.3 is 0 Å². The molecule has 0 radical (unpaired) electrons. The molecule has 1 saturated heterocycles. The summed E-state index contributed by atoms with van der Waals surface area (Å²) < 4.78 is 0. The number of benzene rings is 2. The Bertz CT molecular complexity index is 1080. The molecule has 2 fully saturated rings. The van der Waals surface area contributed by atoms with E-state index in [0.29, 0.717) is 39.5 Å². The van der Waals surface area contributed by atoms with Crippen LogP contribution in [0.5, 0.6) is 0 Å². The van der Waals surface area contributed by atoms with Crippen molar-refractivity contribution in [1.82, 2.24) is 15.5 Å². The minimum atomic E-state index is -0.786. The fraction of sp³-hybridized carbons (Fsp3) is 0.462. The Hall–Kier alpha value is -1.50. The summed E-state index contributed by atoms with van der Waals surface area (Å²) in [6.07, 6.45) is 5.21. The summed E-state index contributed by atoms with van der Waals surface area (Å²) >= 11 is 24.9. The van der Waals surface area contributed by atoms with Gasteiger partial charge in [0, 0.05) is 39.6 Å². The first-order valence-corrected chi connectivity index (χ1v) is 13.5. The molecule has 1 aliphatic heterocycles. The lowest BCUT2D eigenvalue weighted by Crippen LogP contribution is -2.52. The second-order valence-electron chi connectivity index (χ2n) is 9.37. The molecule has 4 rings (SSSR count). The molecule has 1 unspecified atom stereocenters. The third kappa shape index (κ3) is 6.64. The highest BCUT2D eigenvalue weighted by atomic mass is 35.5. The fourth-order valence-electron chi connectivity index (χ4n) is 4.68. The topological polar surface area (TPSA) is 61.4 Å². The van der Waals surface area contributed by atoms with Crippen LogP contribution in [0.2, 0.25) is 20.1 Å². The monoisotopic (exact) mass is 555 g/mol. The van der Waals surface area contributed by atoms with Crippen molar-refractivity contribution in [3.05, 3.63) is 67.6 Å². The van der Waals surface area contributed by atoms with E-state index in [1.54, 1.807) is 36.4 Å². The van der Waals surface area contributed by atoms with Crippen molar-refractivity contribution >= 4 is 58.2 Å². The maximum atomic E-state index is 13.5. The Kier molecular flexibility index (Phi) is 8.88. The van der Waals surface area contributed by atoms with Gasteiger partial charge in [-0.1, -0.05) is 65.0 Å². The maximum absolute atomic E-state index is 13.5. The number of nitrogens with one attached hydrogen (secondary N) is 2. The molecule has 0 bridgehead atoms. The zero-order valence-electron chi connectivity index (χ0n) is 19.4. The Morgan fingerprint density at radius 1 is 0.914 bits per heavy atom. The van der Waals surface area contributed by atoms with E-state index in [9.17, 15) is 9.59 Å². The molecule has 0 aromatic heterocycles. The van der Waals surface area contributed by atoms with Crippen LogP contribution in [0.25, 0.3) is 0 Å². The van der Waals surface area contributed by atoms with Crippen molar-refractivity contribution in [1.29, 1.82) is 0 Å². The van der Waals surface area contributed by atoms with Gasteiger partial charge in [0.05, 0.1) is 5.41 Å². The summed E-state index contributed by atoms with van der Waals surface area (Å²) in [5.74, 6) is -0.456. The average molecular weight is 557 g/mol. The van der Waals surface area contributed by atoms with Crippen LogP contribution < -0.4 is 10.6 Å². The van der Waals surface area contributed by atoms with Gasteiger partial charge in [-0.2, -0.15) is 0 Å². The number of hydrogen-bond acceptors (Lipinski definition) is 3. The molecule has 35 heavy (non-hydrogen) atoms. The zero-order valence-corrected chi connectivity index (χ0v) is 22.4. The summed E-state index contributed by atoms with van der Waals surface area (Å²) in [7, 11) is 0. The van der Waals surface area contributed by atoms with Crippen molar-refractivity contribution in [2.45, 2.75) is 50.0 Å². The first-order chi connectivity index (χ1) is 16.8. The molecule has 2 N–H and O–H groups in total. The summed E-state index contributed by atoms with van der Waals surface area (Å²) in [5, 5.41) is 7.94. The van der Waals surface area contributed by atoms with Crippen molar-refractivity contribution < 1.29 is 9.59 Å². The lowest BCUT2D eigenvalue weighted by Gasteiger charge is -2.27. The molecule has 2 amide bonds. The average Bonchev–Trinajstić information content (AvgIpc) is 3.62. The second-order valence-corrected chi connectivity index (χ2v) is 11.1. The van der Waals surface area contributed by atoms with Crippen molar-refractivity contribution in [2.75, 3.05) is 26.2 Å². The number of carbonyl (C=O) groups is 2. The van der Waals surface area contributed by atoms with Gasteiger partial charge in [0.25, 0.3) is 0 Å². The first kappa shape index (κ1) is 26.6. The number of likely N-dealkylation sites (tertiary alicyclic amines) is 1. The SMILES string of the molecule is O=C(NCCN1CCCCC1)C(Cc1ccc(Cl)cc1Cl)NC(=O)C1(c2ccc(Cl)cc2Cl)CC1. The first-order valence-electron chi connectivity index (χ1n) is 12.0. The highest BCUT2D eigenvalue weighted by Gasteiger charge is 2.53. The third-order valence-corrected chi connectivity index (χ3v) is 8.00. The lowest BCUT2D eigenvalue weighted by molar-refractivity contribution is -0.130. The number of amides is 2. The van der Waals surface area contributed by atoms with E-state index in [1.165, 1.54) is 19.3 Å². The van der Waals surface area contributed by atoms with Crippen LogP contribution in [0, 0.1) is 0 Å². The Morgan fingerprint density at radius 3 is 2.20 bits per heavy atom. The highest BCUT2D eigenvalue weighted by Crippen LogP contribution is 2.51. The number of carbonyl (C=O) groups excluding carboxylic acids is 2. The molecule has 0 spiro atoms. The minimum Gasteiger partial charge on any atom is -0.353 e. The zero-order chi connectivity index (χ0) is 25.0. The molecule has 1 aliphatic carbocycles. The van der Waals surface area contributed by atoms with E-state index in [4.69, 9.17) is 46.4 Å². The summed E-state index contributed by atoms with van der Waals surface area (Å²) in [6.45, 7) is 3.42. The number of rotatable bonds is 9. The third-order valence-electron chi connectivity index (χ3n) is 6.87. The molecule has 9 heteroatoms. The van der Waals surface area contributed by atoms with Gasteiger partial charge in [-0.15, -0.1) is 0 Å². The van der Waals surface area contributed by atoms with Crippen LogP contribution in [0.4, 0.5) is 0 Å². The predicted molar refractivity (Wildman–Crippen MR) is 143 cm³/mol. The van der Waals surface area contributed by atoms with Crippen LogP contribution in [-0.4, -0.2) is 48.9 Å². The van der Waals surface area contributed by atoms with Crippen LogP contribution in [0.1, 0.15) is 43.2 Å². The van der Waals surface area contributed by atoms with E-state index >= 15 is 0 Å². The van der Waals surface area contributed by atoms with Gasteiger partial charge in [-0.25, -0.2) is 0 Å². The number of piperidine rings is 1. The largest absolute Gasteiger partial charge is 0.353 e. The van der Waals surface area contributed by atoms with E-state index in [1.807, 2.05) is 0 Å². The number of halogens is 4. The van der Waals surface area contributed by atoms with E-state index < -0.39 is 11.5 Å². The van der Waals surface area contributed by atoms with Crippen LogP contribution >= 0.6 is 46.4 Å².